The Morgan fingerprint density at radius 3 is 2.33 bits per heavy atom. The molecule has 9 nitrogen and oxygen atoms in total. The van der Waals surface area contributed by atoms with E-state index in [0.29, 0.717) is 22.9 Å². The van der Waals surface area contributed by atoms with Gasteiger partial charge in [-0.3, -0.25) is 20.2 Å². The van der Waals surface area contributed by atoms with Crippen molar-refractivity contribution in [2.45, 2.75) is 0 Å². The van der Waals surface area contributed by atoms with Gasteiger partial charge in [0, 0.05) is 24.3 Å². The summed E-state index contributed by atoms with van der Waals surface area (Å²) in [5, 5.41) is 22.0. The number of nitrogens with one attached hydrogen (secondary N) is 1. The lowest BCUT2D eigenvalue weighted by Gasteiger charge is -2.08. The molecule has 0 amide bonds. The molecule has 0 spiro atoms. The third-order valence-corrected chi connectivity index (χ3v) is 4.28. The summed E-state index contributed by atoms with van der Waals surface area (Å²) in [6, 6.07) is 19.1. The summed E-state index contributed by atoms with van der Waals surface area (Å²) in [5.74, 6) is 1.08. The first kappa shape index (κ1) is 18.8. The van der Waals surface area contributed by atoms with Crippen LogP contribution < -0.4 is 4.74 Å². The van der Waals surface area contributed by atoms with Gasteiger partial charge in [0.1, 0.15) is 5.75 Å². The van der Waals surface area contributed by atoms with Crippen LogP contribution in [0.15, 0.2) is 72.8 Å². The van der Waals surface area contributed by atoms with Gasteiger partial charge in [-0.1, -0.05) is 24.3 Å². The van der Waals surface area contributed by atoms with Crippen LogP contribution in [0.5, 0.6) is 5.75 Å². The molecular weight excluding hydrogens is 388 g/mol. The van der Waals surface area contributed by atoms with E-state index in [4.69, 9.17) is 4.74 Å². The van der Waals surface area contributed by atoms with E-state index < -0.39 is 9.85 Å². The van der Waals surface area contributed by atoms with Gasteiger partial charge in [0.2, 0.25) is 0 Å². The number of hydrogen-bond donors (Lipinski definition) is 1. The van der Waals surface area contributed by atoms with Gasteiger partial charge in [0.05, 0.1) is 20.9 Å². The Labute approximate surface area is 169 Å². The van der Waals surface area contributed by atoms with Crippen molar-refractivity contribution >= 4 is 34.2 Å². The van der Waals surface area contributed by atoms with E-state index >= 15 is 0 Å². The first-order chi connectivity index (χ1) is 14.5. The van der Waals surface area contributed by atoms with E-state index in [1.807, 2.05) is 24.3 Å². The van der Waals surface area contributed by atoms with Crippen LogP contribution in [0.1, 0.15) is 11.4 Å². The predicted octanol–water partition coefficient (Wildman–Crippen LogP) is 4.96. The monoisotopic (exact) mass is 402 g/mol. The largest absolute Gasteiger partial charge is 0.453 e. The molecule has 0 saturated heterocycles. The highest BCUT2D eigenvalue weighted by Gasteiger charge is 2.13. The molecule has 0 saturated carbocycles. The Kier molecular flexibility index (Phi) is 4.92. The molecule has 0 aliphatic heterocycles. The molecule has 0 unspecified atom stereocenters. The summed E-state index contributed by atoms with van der Waals surface area (Å²) < 4.78 is 5.94. The summed E-state index contributed by atoms with van der Waals surface area (Å²) >= 11 is 0. The normalized spacial score (nSPS) is 11.4. The summed E-state index contributed by atoms with van der Waals surface area (Å²) in [6.45, 7) is 0. The topological polar surface area (TPSA) is 124 Å². The molecule has 1 N–H and O–H groups in total. The minimum Gasteiger partial charge on any atom is -0.453 e. The van der Waals surface area contributed by atoms with E-state index in [2.05, 4.69) is 9.97 Å². The van der Waals surface area contributed by atoms with E-state index in [9.17, 15) is 20.2 Å². The molecule has 0 aliphatic rings. The smallest absolute Gasteiger partial charge is 0.270 e. The quantitative estimate of drug-likeness (QED) is 0.276. The molecule has 4 aromatic rings. The van der Waals surface area contributed by atoms with Gasteiger partial charge in [-0.05, 0) is 35.9 Å². The summed E-state index contributed by atoms with van der Waals surface area (Å²) in [6.07, 6.45) is 1.62. The number of aromatic nitrogens is 2. The first-order valence-electron chi connectivity index (χ1n) is 8.83. The SMILES string of the molecule is O=[N+]([O-])c1ccc(O/C(=C\c2cccc([N+](=O)[O-])c2)c2nc3ccccc3[nH]2)cc1. The van der Waals surface area contributed by atoms with Crippen LogP contribution in [-0.4, -0.2) is 19.8 Å². The molecule has 0 radical (unpaired) electrons. The van der Waals surface area contributed by atoms with Crippen molar-refractivity contribution in [2.75, 3.05) is 0 Å². The van der Waals surface area contributed by atoms with Crippen molar-refractivity contribution in [3.8, 4) is 5.75 Å². The predicted molar refractivity (Wildman–Crippen MR) is 111 cm³/mol. The highest BCUT2D eigenvalue weighted by atomic mass is 16.6. The molecule has 1 heterocycles. The number of nitrogens with zero attached hydrogens (tertiary/aromatic N) is 3. The number of H-pyrrole nitrogens is 1. The minimum atomic E-state index is -0.497. The number of benzene rings is 3. The standard InChI is InChI=1S/C21H14N4O5/c26-24(27)15-8-10-17(11-9-15)30-20(13-14-4-3-5-16(12-14)25(28)29)21-22-18-6-1-2-7-19(18)23-21/h1-13H,(H,22,23)/b20-13-. The van der Waals surface area contributed by atoms with Gasteiger partial charge in [0.25, 0.3) is 11.4 Å². The number of rotatable bonds is 6. The third kappa shape index (κ3) is 3.99. The maximum Gasteiger partial charge on any atom is 0.270 e. The Morgan fingerprint density at radius 1 is 0.900 bits per heavy atom. The van der Waals surface area contributed by atoms with Crippen LogP contribution in [0.3, 0.4) is 0 Å². The molecule has 0 bridgehead atoms. The van der Waals surface area contributed by atoms with Crippen molar-refractivity contribution in [3.05, 3.63) is 104 Å². The van der Waals surface area contributed by atoms with E-state index in [-0.39, 0.29) is 11.4 Å². The Morgan fingerprint density at radius 2 is 1.63 bits per heavy atom. The fourth-order valence-electron chi connectivity index (χ4n) is 2.86. The fraction of sp³-hybridized carbons (Fsp3) is 0. The van der Waals surface area contributed by atoms with Crippen LogP contribution in [0, 0.1) is 20.2 Å². The number of imidazole rings is 1. The molecular formula is C21H14N4O5. The van der Waals surface area contributed by atoms with Crippen LogP contribution in [0.2, 0.25) is 0 Å². The lowest BCUT2D eigenvalue weighted by molar-refractivity contribution is -0.385. The van der Waals surface area contributed by atoms with Crippen LogP contribution in [-0.2, 0) is 0 Å². The van der Waals surface area contributed by atoms with Crippen molar-refractivity contribution in [3.63, 3.8) is 0 Å². The average molecular weight is 402 g/mol. The second-order valence-corrected chi connectivity index (χ2v) is 6.32. The molecule has 1 aromatic heterocycles. The fourth-order valence-corrected chi connectivity index (χ4v) is 2.86. The van der Waals surface area contributed by atoms with Crippen molar-refractivity contribution < 1.29 is 14.6 Å². The average Bonchev–Trinajstić information content (AvgIpc) is 3.18. The van der Waals surface area contributed by atoms with Crippen LogP contribution in [0.4, 0.5) is 11.4 Å². The number of fused-ring (bicyclic) bond motifs is 1. The van der Waals surface area contributed by atoms with E-state index in [0.717, 1.165) is 11.0 Å². The summed E-state index contributed by atoms with van der Waals surface area (Å²) in [7, 11) is 0. The number of nitro benzene ring substituents is 2. The highest BCUT2D eigenvalue weighted by molar-refractivity contribution is 5.82. The highest BCUT2D eigenvalue weighted by Crippen LogP contribution is 2.26. The number of hydrogen-bond acceptors (Lipinski definition) is 6. The zero-order valence-corrected chi connectivity index (χ0v) is 15.4. The number of ether oxygens (including phenoxy) is 1. The summed E-state index contributed by atoms with van der Waals surface area (Å²) in [5.41, 5.74) is 1.95. The molecule has 0 fully saturated rings. The molecule has 4 rings (SSSR count). The maximum absolute atomic E-state index is 11.1. The maximum atomic E-state index is 11.1. The van der Waals surface area contributed by atoms with E-state index in [1.165, 1.54) is 36.4 Å². The van der Waals surface area contributed by atoms with Crippen molar-refractivity contribution in [1.29, 1.82) is 0 Å². The zero-order chi connectivity index (χ0) is 21.1. The minimum absolute atomic E-state index is 0.0527. The van der Waals surface area contributed by atoms with Gasteiger partial charge in [-0.2, -0.15) is 0 Å². The number of aromatic amines is 1. The van der Waals surface area contributed by atoms with Crippen LogP contribution >= 0.6 is 0 Å². The van der Waals surface area contributed by atoms with Gasteiger partial charge in [0.15, 0.2) is 11.6 Å². The van der Waals surface area contributed by atoms with E-state index in [1.54, 1.807) is 18.2 Å². The lowest BCUT2D eigenvalue weighted by atomic mass is 10.2. The molecule has 9 heteroatoms. The Bertz CT molecular complexity index is 1250. The Hall–Kier alpha value is -4.53. The number of nitro groups is 2. The van der Waals surface area contributed by atoms with Crippen molar-refractivity contribution in [2.24, 2.45) is 0 Å². The molecule has 0 aliphatic carbocycles. The van der Waals surface area contributed by atoms with Gasteiger partial charge >= 0.3 is 0 Å². The Balaban J connectivity index is 1.76. The zero-order valence-electron chi connectivity index (χ0n) is 15.4. The molecule has 3 aromatic carbocycles. The van der Waals surface area contributed by atoms with Gasteiger partial charge < -0.3 is 9.72 Å². The second kappa shape index (κ2) is 7.84. The molecule has 0 atom stereocenters. The van der Waals surface area contributed by atoms with Crippen LogP contribution in [0.25, 0.3) is 22.9 Å². The van der Waals surface area contributed by atoms with Gasteiger partial charge in [-0.15, -0.1) is 0 Å². The lowest BCUT2D eigenvalue weighted by Crippen LogP contribution is -1.98. The number of para-hydroxylation sites is 2. The first-order valence-corrected chi connectivity index (χ1v) is 8.83. The summed E-state index contributed by atoms with van der Waals surface area (Å²) in [4.78, 5) is 28.7. The molecule has 148 valence electrons. The molecule has 30 heavy (non-hydrogen) atoms. The second-order valence-electron chi connectivity index (χ2n) is 6.32. The van der Waals surface area contributed by atoms with Gasteiger partial charge in [-0.25, -0.2) is 4.98 Å². The number of non-ortho nitro benzene ring substituents is 2. The third-order valence-electron chi connectivity index (χ3n) is 4.28. The van der Waals surface area contributed by atoms with Crippen molar-refractivity contribution in [1.82, 2.24) is 9.97 Å².